The number of methoxy groups -OCH3 is 1. The molecule has 7 nitrogen and oxygen atoms in total. The summed E-state index contributed by atoms with van der Waals surface area (Å²) in [4.78, 5) is 21.8. The van der Waals surface area contributed by atoms with Gasteiger partial charge in [-0.05, 0) is 49.9 Å². The molecule has 1 saturated carbocycles. The van der Waals surface area contributed by atoms with Crippen LogP contribution in [-0.4, -0.2) is 29.0 Å². The van der Waals surface area contributed by atoms with Crippen LogP contribution in [0.5, 0.6) is 5.75 Å². The average molecular weight is 584 g/mol. The number of oxazole rings is 1. The normalized spacial score (nSPS) is 19.7. The van der Waals surface area contributed by atoms with Gasteiger partial charge >= 0.3 is 3.93 Å². The highest BCUT2D eigenvalue weighted by Crippen LogP contribution is 2.39. The zero-order valence-electron chi connectivity index (χ0n) is 19.2. The first kappa shape index (κ1) is 24.8. The van der Waals surface area contributed by atoms with E-state index in [2.05, 4.69) is 22.2 Å². The maximum atomic E-state index is 13.9. The molecule has 0 radical (unpaired) electrons. The summed E-state index contributed by atoms with van der Waals surface area (Å²) < 4.78 is 35.9. The van der Waals surface area contributed by atoms with Crippen LogP contribution in [-0.2, 0) is 3.93 Å². The van der Waals surface area contributed by atoms with Crippen molar-refractivity contribution in [2.45, 2.75) is 55.5 Å². The van der Waals surface area contributed by atoms with Gasteiger partial charge in [0.1, 0.15) is 17.0 Å². The molecule has 2 heterocycles. The smallest absolute Gasteiger partial charge is 0.337 e. The highest BCUT2D eigenvalue weighted by atomic mass is 127. The van der Waals surface area contributed by atoms with Crippen molar-refractivity contribution in [1.29, 1.82) is 0 Å². The van der Waals surface area contributed by atoms with Gasteiger partial charge in [0.25, 0.3) is 5.91 Å². The molecule has 1 aromatic carbocycles. The van der Waals surface area contributed by atoms with Crippen molar-refractivity contribution in [3.05, 3.63) is 41.4 Å². The van der Waals surface area contributed by atoms with Crippen LogP contribution in [0.25, 0.3) is 22.4 Å². The quantitative estimate of drug-likeness (QED) is 0.284. The van der Waals surface area contributed by atoms with Gasteiger partial charge in [-0.15, -0.1) is 0 Å². The Kier molecular flexibility index (Phi) is 7.09. The van der Waals surface area contributed by atoms with Gasteiger partial charge in [-0.3, -0.25) is 4.79 Å². The Morgan fingerprint density at radius 3 is 2.65 bits per heavy atom. The number of aromatic nitrogens is 2. The Labute approximate surface area is 210 Å². The zero-order chi connectivity index (χ0) is 24.6. The van der Waals surface area contributed by atoms with E-state index in [1.54, 1.807) is 19.1 Å². The standard InChI is InChI=1S/C24H27F2IN4O3/c1-12-6-4-5-7-16(12)29-22(32)20-21(13(2)28)34-23(31-20)15-8-10-17(33-3)19-14(15)9-11-18(30-19)24(25,26)27/h8-13,16H,4-7,28H2,1-3H3,(H,29,32)/t12-,13-,16+/m0/s1. The number of alkyl halides is 3. The number of nitrogens with two attached hydrogens (primary N) is 1. The Morgan fingerprint density at radius 2 is 2.00 bits per heavy atom. The first-order chi connectivity index (χ1) is 16.1. The van der Waals surface area contributed by atoms with Crippen LogP contribution in [0.15, 0.2) is 28.7 Å². The number of nitrogens with one attached hydrogen (secondary N) is 1. The van der Waals surface area contributed by atoms with Crippen molar-refractivity contribution in [2.75, 3.05) is 7.11 Å². The third-order valence-corrected chi connectivity index (χ3v) is 6.82. The van der Waals surface area contributed by atoms with E-state index < -0.39 is 9.97 Å². The summed E-state index contributed by atoms with van der Waals surface area (Å²) in [5, 5.41) is 3.60. The molecule has 0 unspecified atom stereocenters. The number of nitrogens with zero attached hydrogens (tertiary/aromatic N) is 2. The first-order valence-corrected chi connectivity index (χ1v) is 12.3. The number of fused-ring (bicyclic) bond motifs is 1. The minimum absolute atomic E-state index is 0.0710. The van der Waals surface area contributed by atoms with Gasteiger partial charge in [-0.2, -0.15) is 8.78 Å². The predicted molar refractivity (Wildman–Crippen MR) is 133 cm³/mol. The fraction of sp³-hybridized carbons (Fsp3) is 0.458. The second kappa shape index (κ2) is 9.73. The highest BCUT2D eigenvalue weighted by molar-refractivity contribution is 14.1. The third-order valence-electron chi connectivity index (χ3n) is 6.27. The number of carbonyl (C=O) groups excluding carboxylic acids is 1. The monoisotopic (exact) mass is 584 g/mol. The van der Waals surface area contributed by atoms with E-state index >= 15 is 0 Å². The minimum Gasteiger partial charge on any atom is -0.494 e. The van der Waals surface area contributed by atoms with Crippen molar-refractivity contribution < 1.29 is 22.7 Å². The number of hydrogen-bond acceptors (Lipinski definition) is 6. The van der Waals surface area contributed by atoms with E-state index in [-0.39, 0.29) is 40.5 Å². The molecule has 0 spiro atoms. The van der Waals surface area contributed by atoms with Crippen LogP contribution in [0.3, 0.4) is 0 Å². The van der Waals surface area contributed by atoms with Gasteiger partial charge in [-0.1, -0.05) is 19.8 Å². The van der Waals surface area contributed by atoms with Crippen LogP contribution >= 0.6 is 22.6 Å². The van der Waals surface area contributed by atoms with Crippen molar-refractivity contribution in [3.63, 3.8) is 0 Å². The summed E-state index contributed by atoms with van der Waals surface area (Å²) in [7, 11) is 1.44. The largest absolute Gasteiger partial charge is 0.494 e. The Bertz CT molecular complexity index is 1210. The number of hydrogen-bond donors (Lipinski definition) is 2. The molecular formula is C24H27F2IN4O3. The van der Waals surface area contributed by atoms with Crippen LogP contribution in [0, 0.1) is 5.92 Å². The summed E-state index contributed by atoms with van der Waals surface area (Å²) in [6, 6.07) is 5.59. The lowest BCUT2D eigenvalue weighted by Crippen LogP contribution is -2.41. The summed E-state index contributed by atoms with van der Waals surface area (Å²) >= 11 is 1.04. The molecule has 1 amide bonds. The maximum Gasteiger partial charge on any atom is 0.337 e. The molecule has 0 aliphatic heterocycles. The molecular weight excluding hydrogens is 557 g/mol. The number of ether oxygens (including phenoxy) is 1. The second-order valence-electron chi connectivity index (χ2n) is 8.77. The van der Waals surface area contributed by atoms with E-state index in [1.807, 2.05) is 0 Å². The van der Waals surface area contributed by atoms with Gasteiger partial charge in [-0.25, -0.2) is 9.97 Å². The highest BCUT2D eigenvalue weighted by Gasteiger charge is 2.31. The number of carbonyl (C=O) groups is 1. The average Bonchev–Trinajstić information content (AvgIpc) is 3.24. The molecule has 2 aromatic heterocycles. The van der Waals surface area contributed by atoms with Crippen LogP contribution in [0.2, 0.25) is 0 Å². The Morgan fingerprint density at radius 1 is 1.26 bits per heavy atom. The third kappa shape index (κ3) is 4.88. The maximum absolute atomic E-state index is 13.9. The van der Waals surface area contributed by atoms with Gasteiger partial charge in [0.05, 0.1) is 13.2 Å². The van der Waals surface area contributed by atoms with Gasteiger partial charge < -0.3 is 20.2 Å². The Hall–Kier alpha value is -2.34. The van der Waals surface area contributed by atoms with Crippen LogP contribution < -0.4 is 15.8 Å². The molecule has 0 saturated heterocycles. The van der Waals surface area contributed by atoms with E-state index in [9.17, 15) is 13.6 Å². The lowest BCUT2D eigenvalue weighted by Gasteiger charge is -2.29. The molecule has 0 bridgehead atoms. The van der Waals surface area contributed by atoms with Crippen molar-refractivity contribution in [3.8, 4) is 17.2 Å². The van der Waals surface area contributed by atoms with Crippen molar-refractivity contribution in [2.24, 2.45) is 11.7 Å². The molecule has 3 aromatic rings. The summed E-state index contributed by atoms with van der Waals surface area (Å²) in [6.45, 7) is 3.85. The first-order valence-electron chi connectivity index (χ1n) is 11.2. The molecule has 3 atom stereocenters. The van der Waals surface area contributed by atoms with Crippen molar-refractivity contribution >= 4 is 39.4 Å². The van der Waals surface area contributed by atoms with Crippen molar-refractivity contribution in [1.82, 2.24) is 15.3 Å². The predicted octanol–water partition coefficient (Wildman–Crippen LogP) is 5.71. The summed E-state index contributed by atoms with van der Waals surface area (Å²) in [5.41, 5.74) is 6.59. The number of benzene rings is 1. The molecule has 3 N–H and O–H groups in total. The fourth-order valence-electron chi connectivity index (χ4n) is 4.39. The van der Waals surface area contributed by atoms with E-state index in [1.165, 1.54) is 19.2 Å². The molecule has 10 heteroatoms. The van der Waals surface area contributed by atoms with E-state index in [0.717, 1.165) is 48.3 Å². The number of pyridine rings is 1. The SMILES string of the molecule is COc1ccc(-c2nc(C(=O)N[C@@H]3CCCC[C@@H]3C)c([C@H](C)N)o2)c2ccc(C(F)(F)I)nc12. The molecule has 1 aliphatic rings. The molecule has 1 fully saturated rings. The van der Waals surface area contributed by atoms with Crippen LogP contribution in [0.1, 0.15) is 67.5 Å². The topological polar surface area (TPSA) is 103 Å². The number of halogens is 3. The lowest BCUT2D eigenvalue weighted by atomic mass is 9.86. The molecule has 34 heavy (non-hydrogen) atoms. The molecule has 1 aliphatic carbocycles. The van der Waals surface area contributed by atoms with Gasteiger partial charge in [0.15, 0.2) is 11.5 Å². The Balaban J connectivity index is 1.77. The fourth-order valence-corrected chi connectivity index (χ4v) is 4.69. The minimum atomic E-state index is -3.14. The summed E-state index contributed by atoms with van der Waals surface area (Å²) in [6.07, 6.45) is 4.22. The summed E-state index contributed by atoms with van der Waals surface area (Å²) in [5.74, 6) is 0.818. The zero-order valence-corrected chi connectivity index (χ0v) is 21.4. The number of amides is 1. The molecule has 4 rings (SSSR count). The van der Waals surface area contributed by atoms with Gasteiger partial charge in [0.2, 0.25) is 5.89 Å². The van der Waals surface area contributed by atoms with E-state index in [4.69, 9.17) is 14.9 Å². The number of rotatable bonds is 6. The van der Waals surface area contributed by atoms with Gasteiger partial charge in [0, 0.05) is 39.6 Å². The lowest BCUT2D eigenvalue weighted by molar-refractivity contribution is 0.0903. The van der Waals surface area contributed by atoms with Crippen LogP contribution in [0.4, 0.5) is 8.78 Å². The van der Waals surface area contributed by atoms with E-state index in [0.29, 0.717) is 22.6 Å². The second-order valence-corrected chi connectivity index (χ2v) is 10.1. The molecule has 182 valence electrons.